The highest BCUT2D eigenvalue weighted by atomic mass is 15.2. The zero-order valence-electron chi connectivity index (χ0n) is 16.8. The second-order valence-electron chi connectivity index (χ2n) is 7.29. The maximum Gasteiger partial charge on any atom is 0.191 e. The molecule has 1 aliphatic heterocycles. The zero-order chi connectivity index (χ0) is 18.8. The van der Waals surface area contributed by atoms with Gasteiger partial charge in [0, 0.05) is 57.7 Å². The number of nitrogens with zero attached hydrogens (tertiary/aromatic N) is 4. The minimum absolute atomic E-state index is 0.516. The van der Waals surface area contributed by atoms with Crippen molar-refractivity contribution in [2.24, 2.45) is 4.99 Å². The van der Waals surface area contributed by atoms with Crippen molar-refractivity contribution in [2.45, 2.75) is 59.0 Å². The van der Waals surface area contributed by atoms with E-state index in [4.69, 9.17) is 4.99 Å². The monoisotopic (exact) mass is 360 g/mol. The van der Waals surface area contributed by atoms with Gasteiger partial charge in [-0.25, -0.2) is 4.98 Å². The van der Waals surface area contributed by atoms with Gasteiger partial charge in [0.15, 0.2) is 5.96 Å². The first-order chi connectivity index (χ1) is 12.6. The Bertz CT molecular complexity index is 569. The lowest BCUT2D eigenvalue weighted by atomic mass is 10.0. The third-order valence-electron chi connectivity index (χ3n) is 4.77. The molecule has 1 fully saturated rings. The highest BCUT2D eigenvalue weighted by Crippen LogP contribution is 2.11. The molecular formula is C20H36N6. The van der Waals surface area contributed by atoms with Crippen LogP contribution in [-0.4, -0.2) is 59.2 Å². The molecule has 6 nitrogen and oxygen atoms in total. The molecule has 0 aliphatic carbocycles. The van der Waals surface area contributed by atoms with E-state index >= 15 is 0 Å². The number of aryl methyl sites for hydroxylation is 2. The van der Waals surface area contributed by atoms with E-state index in [1.165, 1.54) is 5.57 Å². The summed E-state index contributed by atoms with van der Waals surface area (Å²) >= 11 is 0. The molecular weight excluding hydrogens is 324 g/mol. The molecule has 2 rings (SSSR count). The number of aliphatic imine (C=N–C) groups is 1. The van der Waals surface area contributed by atoms with E-state index in [9.17, 15) is 0 Å². The average Bonchev–Trinajstić information content (AvgIpc) is 3.01. The lowest BCUT2D eigenvalue weighted by Crippen LogP contribution is -2.48. The number of hydrogen-bond acceptors (Lipinski definition) is 3. The Kier molecular flexibility index (Phi) is 8.68. The Balaban J connectivity index is 1.69. The van der Waals surface area contributed by atoms with Crippen molar-refractivity contribution in [2.75, 3.05) is 32.7 Å². The molecule has 146 valence electrons. The lowest BCUT2D eigenvalue weighted by molar-refractivity contribution is 0.221. The molecule has 0 saturated carbocycles. The van der Waals surface area contributed by atoms with Crippen LogP contribution in [0.1, 0.15) is 45.4 Å². The molecule has 0 unspecified atom stereocenters. The number of rotatable bonds is 9. The van der Waals surface area contributed by atoms with Crippen molar-refractivity contribution in [1.82, 2.24) is 25.1 Å². The van der Waals surface area contributed by atoms with E-state index in [0.29, 0.717) is 6.04 Å². The predicted molar refractivity (Wildman–Crippen MR) is 110 cm³/mol. The van der Waals surface area contributed by atoms with E-state index < -0.39 is 0 Å². The Morgan fingerprint density at radius 1 is 1.35 bits per heavy atom. The van der Waals surface area contributed by atoms with Crippen molar-refractivity contribution < 1.29 is 0 Å². The smallest absolute Gasteiger partial charge is 0.191 e. The molecule has 0 bridgehead atoms. The fourth-order valence-electron chi connectivity index (χ4n) is 3.36. The highest BCUT2D eigenvalue weighted by Gasteiger charge is 2.19. The van der Waals surface area contributed by atoms with Crippen molar-refractivity contribution in [1.29, 1.82) is 0 Å². The molecule has 0 amide bonds. The van der Waals surface area contributed by atoms with Crippen molar-refractivity contribution in [3.8, 4) is 0 Å². The molecule has 0 spiro atoms. The predicted octanol–water partition coefficient (Wildman–Crippen LogP) is 2.57. The van der Waals surface area contributed by atoms with Gasteiger partial charge in [-0.05, 0) is 46.5 Å². The summed E-state index contributed by atoms with van der Waals surface area (Å²) in [6.45, 7) is 16.4. The van der Waals surface area contributed by atoms with E-state index in [1.54, 1.807) is 0 Å². The molecule has 0 atom stereocenters. The first-order valence-electron chi connectivity index (χ1n) is 9.97. The Hall–Kier alpha value is -1.82. The Labute approximate surface area is 158 Å². The normalized spacial score (nSPS) is 16.7. The number of aromatic nitrogens is 2. The van der Waals surface area contributed by atoms with Gasteiger partial charge in [0.1, 0.15) is 5.82 Å². The number of hydrogen-bond donors (Lipinski definition) is 2. The van der Waals surface area contributed by atoms with Crippen LogP contribution in [0.25, 0.3) is 0 Å². The van der Waals surface area contributed by atoms with Gasteiger partial charge in [0.25, 0.3) is 0 Å². The summed E-state index contributed by atoms with van der Waals surface area (Å²) < 4.78 is 2.20. The number of nitrogens with one attached hydrogen (secondary N) is 2. The zero-order valence-corrected chi connectivity index (χ0v) is 16.8. The molecule has 1 aromatic heterocycles. The number of guanidine groups is 1. The molecule has 1 aromatic rings. The molecule has 0 aromatic carbocycles. The van der Waals surface area contributed by atoms with E-state index in [1.807, 2.05) is 19.3 Å². The number of imidazole rings is 1. The molecule has 2 N–H and O–H groups in total. The first kappa shape index (κ1) is 20.5. The van der Waals surface area contributed by atoms with Crippen LogP contribution in [0, 0.1) is 6.92 Å². The second-order valence-corrected chi connectivity index (χ2v) is 7.29. The SMILES string of the molecule is C=C(C)CN1CCC(NC(=NCCCCn2ccnc2C)NCC)CC1. The number of piperidine rings is 1. The topological polar surface area (TPSA) is 57.5 Å². The van der Waals surface area contributed by atoms with Crippen molar-refractivity contribution >= 4 is 5.96 Å². The highest BCUT2D eigenvalue weighted by molar-refractivity contribution is 5.80. The molecule has 1 aliphatic rings. The van der Waals surface area contributed by atoms with E-state index in [-0.39, 0.29) is 0 Å². The van der Waals surface area contributed by atoms with Gasteiger partial charge < -0.3 is 15.2 Å². The second kappa shape index (κ2) is 11.0. The fraction of sp³-hybridized carbons (Fsp3) is 0.700. The summed E-state index contributed by atoms with van der Waals surface area (Å²) in [4.78, 5) is 11.5. The minimum atomic E-state index is 0.516. The average molecular weight is 361 g/mol. The third-order valence-corrected chi connectivity index (χ3v) is 4.77. The van der Waals surface area contributed by atoms with Crippen LogP contribution in [0.2, 0.25) is 0 Å². The Morgan fingerprint density at radius 2 is 2.12 bits per heavy atom. The van der Waals surface area contributed by atoms with Gasteiger partial charge in [-0.2, -0.15) is 0 Å². The summed E-state index contributed by atoms with van der Waals surface area (Å²) in [6, 6.07) is 0.516. The number of likely N-dealkylation sites (tertiary alicyclic amines) is 1. The minimum Gasteiger partial charge on any atom is -0.357 e. The summed E-state index contributed by atoms with van der Waals surface area (Å²) in [5.74, 6) is 2.05. The van der Waals surface area contributed by atoms with Gasteiger partial charge in [-0.3, -0.25) is 9.89 Å². The van der Waals surface area contributed by atoms with Crippen molar-refractivity contribution in [3.63, 3.8) is 0 Å². The van der Waals surface area contributed by atoms with Gasteiger partial charge in [-0.15, -0.1) is 0 Å². The summed E-state index contributed by atoms with van der Waals surface area (Å²) in [6.07, 6.45) is 8.45. The Morgan fingerprint density at radius 3 is 2.73 bits per heavy atom. The van der Waals surface area contributed by atoms with Crippen LogP contribution in [0.15, 0.2) is 29.5 Å². The number of unbranched alkanes of at least 4 members (excludes halogenated alkanes) is 1. The molecule has 2 heterocycles. The van der Waals surface area contributed by atoms with Gasteiger partial charge in [0.2, 0.25) is 0 Å². The van der Waals surface area contributed by atoms with Gasteiger partial charge in [0.05, 0.1) is 0 Å². The fourth-order valence-corrected chi connectivity index (χ4v) is 3.36. The molecule has 0 radical (unpaired) electrons. The lowest BCUT2D eigenvalue weighted by Gasteiger charge is -2.33. The quantitative estimate of drug-likeness (QED) is 0.308. The summed E-state index contributed by atoms with van der Waals surface area (Å²) in [5, 5.41) is 7.00. The van der Waals surface area contributed by atoms with Crippen molar-refractivity contribution in [3.05, 3.63) is 30.4 Å². The van der Waals surface area contributed by atoms with Crippen LogP contribution in [0.4, 0.5) is 0 Å². The maximum atomic E-state index is 4.76. The first-order valence-corrected chi connectivity index (χ1v) is 9.97. The van der Waals surface area contributed by atoms with Crippen LogP contribution in [-0.2, 0) is 6.54 Å². The summed E-state index contributed by atoms with van der Waals surface area (Å²) in [7, 11) is 0. The standard InChI is InChI=1S/C20H36N6/c1-5-21-20(23-10-6-7-12-26-15-11-22-18(26)4)24-19-8-13-25(14-9-19)16-17(2)3/h11,15,19H,2,5-10,12-14,16H2,1,3-4H3,(H2,21,23,24). The van der Waals surface area contributed by atoms with Crippen LogP contribution >= 0.6 is 0 Å². The molecule has 26 heavy (non-hydrogen) atoms. The largest absolute Gasteiger partial charge is 0.357 e. The van der Waals surface area contributed by atoms with Gasteiger partial charge >= 0.3 is 0 Å². The van der Waals surface area contributed by atoms with Gasteiger partial charge in [-0.1, -0.05) is 12.2 Å². The van der Waals surface area contributed by atoms with Crippen LogP contribution in [0.5, 0.6) is 0 Å². The third kappa shape index (κ3) is 7.20. The molecule has 6 heteroatoms. The van der Waals surface area contributed by atoms with Crippen LogP contribution in [0.3, 0.4) is 0 Å². The molecule has 1 saturated heterocycles. The van der Waals surface area contributed by atoms with Crippen LogP contribution < -0.4 is 10.6 Å². The maximum absolute atomic E-state index is 4.76. The van der Waals surface area contributed by atoms with E-state index in [2.05, 4.69) is 45.5 Å². The van der Waals surface area contributed by atoms with E-state index in [0.717, 1.165) is 76.7 Å². The summed E-state index contributed by atoms with van der Waals surface area (Å²) in [5.41, 5.74) is 1.25.